The van der Waals surface area contributed by atoms with Crippen LogP contribution in [0.4, 0.5) is 0 Å². The molecule has 1 amide bonds. The highest BCUT2D eigenvalue weighted by Gasteiger charge is 2.58. The number of carbonyl (C=O) groups is 1. The Morgan fingerprint density at radius 1 is 1.33 bits per heavy atom. The summed E-state index contributed by atoms with van der Waals surface area (Å²) in [5.74, 6) is 0.694. The molecule has 3 atom stereocenters. The van der Waals surface area contributed by atoms with Gasteiger partial charge in [-0.05, 0) is 24.7 Å². The van der Waals surface area contributed by atoms with E-state index in [1.807, 2.05) is 0 Å². The summed E-state index contributed by atoms with van der Waals surface area (Å²) in [6.45, 7) is 2.10. The average molecular weight is 275 g/mol. The molecule has 1 aliphatic heterocycles. The van der Waals surface area contributed by atoms with Crippen molar-refractivity contribution in [3.63, 3.8) is 0 Å². The molecule has 3 N–H and O–H groups in total. The number of aliphatic hydroxyl groups excluding tert-OH is 1. The van der Waals surface area contributed by atoms with Gasteiger partial charge in [0, 0.05) is 31.5 Å². The fourth-order valence-electron chi connectivity index (χ4n) is 3.63. The van der Waals surface area contributed by atoms with Gasteiger partial charge in [-0.3, -0.25) is 4.79 Å². The van der Waals surface area contributed by atoms with Gasteiger partial charge in [-0.25, -0.2) is 0 Å². The fourth-order valence-corrected chi connectivity index (χ4v) is 3.63. The van der Waals surface area contributed by atoms with Crippen molar-refractivity contribution < 1.29 is 9.90 Å². The van der Waals surface area contributed by atoms with E-state index in [0.717, 1.165) is 13.0 Å². The Morgan fingerprint density at radius 3 is 2.67 bits per heavy atom. The van der Waals surface area contributed by atoms with E-state index < -0.39 is 0 Å². The highest BCUT2D eigenvalue weighted by Crippen LogP contribution is 2.62. The summed E-state index contributed by atoms with van der Waals surface area (Å²) < 4.78 is 0. The fraction of sp³-hybridized carbons (Fsp3) is 0.923. The number of nitrogens with one attached hydrogen (secondary N) is 2. The van der Waals surface area contributed by atoms with Crippen LogP contribution < -0.4 is 10.6 Å². The quantitative estimate of drug-likeness (QED) is 0.710. The van der Waals surface area contributed by atoms with E-state index in [1.54, 1.807) is 0 Å². The van der Waals surface area contributed by atoms with Crippen LogP contribution in [0.1, 0.15) is 32.1 Å². The number of carbonyl (C=O) groups excluding carboxylic acids is 1. The normalized spacial score (nSPS) is 36.4. The number of aliphatic hydroxyl groups is 1. The largest absolute Gasteiger partial charge is 0.391 e. The minimum absolute atomic E-state index is 0. The summed E-state index contributed by atoms with van der Waals surface area (Å²) in [4.78, 5) is 12.0. The zero-order valence-electron chi connectivity index (χ0n) is 10.7. The summed E-state index contributed by atoms with van der Waals surface area (Å²) in [5.41, 5.74) is 0.386. The monoisotopic (exact) mass is 274 g/mol. The van der Waals surface area contributed by atoms with Crippen molar-refractivity contribution in [2.24, 2.45) is 17.3 Å². The number of amides is 1. The lowest BCUT2D eigenvalue weighted by Crippen LogP contribution is -2.35. The van der Waals surface area contributed by atoms with Gasteiger partial charge in [-0.1, -0.05) is 12.8 Å². The molecule has 1 heterocycles. The molecule has 18 heavy (non-hydrogen) atoms. The van der Waals surface area contributed by atoms with Crippen LogP contribution in [0, 0.1) is 17.3 Å². The van der Waals surface area contributed by atoms with Crippen LogP contribution in [-0.2, 0) is 4.79 Å². The third-order valence-electron chi connectivity index (χ3n) is 4.95. The van der Waals surface area contributed by atoms with Crippen LogP contribution >= 0.6 is 12.4 Å². The zero-order valence-corrected chi connectivity index (χ0v) is 11.5. The molecule has 3 unspecified atom stereocenters. The Labute approximate surface area is 114 Å². The molecule has 0 radical (unpaired) electrons. The van der Waals surface area contributed by atoms with E-state index in [0.29, 0.717) is 18.5 Å². The van der Waals surface area contributed by atoms with E-state index in [9.17, 15) is 9.90 Å². The Morgan fingerprint density at radius 2 is 2.06 bits per heavy atom. The minimum atomic E-state index is -0.296. The van der Waals surface area contributed by atoms with Crippen molar-refractivity contribution in [1.29, 1.82) is 0 Å². The van der Waals surface area contributed by atoms with Gasteiger partial charge < -0.3 is 15.7 Å². The maximum atomic E-state index is 12.0. The predicted molar refractivity (Wildman–Crippen MR) is 71.6 cm³/mol. The van der Waals surface area contributed by atoms with Crippen molar-refractivity contribution >= 4 is 18.3 Å². The Balaban J connectivity index is 0.00000120. The standard InChI is InChI=1S/C13H22N2O2.ClH/c16-11-8-14-6-9(11)7-15-12(17)10-5-13(10)3-1-2-4-13;/h9-11,14,16H,1-8H2,(H,15,17);1H. The first-order chi connectivity index (χ1) is 8.21. The van der Waals surface area contributed by atoms with Gasteiger partial charge in [0.05, 0.1) is 6.10 Å². The zero-order chi connectivity index (χ0) is 11.9. The molecule has 1 saturated heterocycles. The SMILES string of the molecule is Cl.O=C(NCC1CNCC1O)C1CC12CCCC2. The molecule has 0 aromatic carbocycles. The van der Waals surface area contributed by atoms with Crippen LogP contribution in [0.2, 0.25) is 0 Å². The van der Waals surface area contributed by atoms with Crippen molar-refractivity contribution in [2.75, 3.05) is 19.6 Å². The number of halogens is 1. The van der Waals surface area contributed by atoms with E-state index in [-0.39, 0.29) is 36.3 Å². The lowest BCUT2D eigenvalue weighted by molar-refractivity contribution is -0.123. The van der Waals surface area contributed by atoms with Crippen LogP contribution in [0.15, 0.2) is 0 Å². The van der Waals surface area contributed by atoms with Crippen molar-refractivity contribution in [2.45, 2.75) is 38.2 Å². The predicted octanol–water partition coefficient (Wildman–Crippen LogP) is 0.685. The lowest BCUT2D eigenvalue weighted by atomic mass is 10.0. The van der Waals surface area contributed by atoms with E-state index in [4.69, 9.17) is 0 Å². The van der Waals surface area contributed by atoms with E-state index in [1.165, 1.54) is 25.7 Å². The smallest absolute Gasteiger partial charge is 0.223 e. The summed E-state index contributed by atoms with van der Waals surface area (Å²) in [5, 5.41) is 15.8. The summed E-state index contributed by atoms with van der Waals surface area (Å²) in [7, 11) is 0. The second kappa shape index (κ2) is 5.35. The van der Waals surface area contributed by atoms with Crippen LogP contribution in [0.3, 0.4) is 0 Å². The second-order valence-corrected chi connectivity index (χ2v) is 6.06. The van der Waals surface area contributed by atoms with Crippen molar-refractivity contribution in [3.05, 3.63) is 0 Å². The molecule has 5 heteroatoms. The van der Waals surface area contributed by atoms with E-state index >= 15 is 0 Å². The Kier molecular flexibility index (Phi) is 4.19. The highest BCUT2D eigenvalue weighted by molar-refractivity contribution is 5.85. The minimum Gasteiger partial charge on any atom is -0.391 e. The topological polar surface area (TPSA) is 61.4 Å². The first-order valence-corrected chi connectivity index (χ1v) is 6.88. The number of rotatable bonds is 3. The summed E-state index contributed by atoms with van der Waals surface area (Å²) >= 11 is 0. The maximum Gasteiger partial charge on any atom is 0.223 e. The number of hydrogen-bond donors (Lipinski definition) is 3. The Bertz CT molecular complexity index is 318. The van der Waals surface area contributed by atoms with Crippen LogP contribution in [0.25, 0.3) is 0 Å². The van der Waals surface area contributed by atoms with E-state index in [2.05, 4.69) is 10.6 Å². The molecule has 0 aromatic rings. The first kappa shape index (κ1) is 14.1. The van der Waals surface area contributed by atoms with Gasteiger partial charge in [-0.2, -0.15) is 0 Å². The second-order valence-electron chi connectivity index (χ2n) is 6.06. The van der Waals surface area contributed by atoms with Gasteiger partial charge in [0.2, 0.25) is 5.91 Å². The Hall–Kier alpha value is -0.320. The molecule has 3 fully saturated rings. The van der Waals surface area contributed by atoms with Gasteiger partial charge in [0.15, 0.2) is 0 Å². The third kappa shape index (κ3) is 2.51. The molecule has 0 bridgehead atoms. The molecular weight excluding hydrogens is 252 g/mol. The maximum absolute atomic E-state index is 12.0. The third-order valence-corrected chi connectivity index (χ3v) is 4.95. The van der Waals surface area contributed by atoms with Gasteiger partial charge >= 0.3 is 0 Å². The molecule has 104 valence electrons. The van der Waals surface area contributed by atoms with Gasteiger partial charge in [0.1, 0.15) is 0 Å². The average Bonchev–Trinajstić information content (AvgIpc) is 2.63. The molecule has 1 spiro atoms. The number of hydrogen-bond acceptors (Lipinski definition) is 3. The lowest BCUT2D eigenvalue weighted by Gasteiger charge is -2.15. The molecule has 4 nitrogen and oxygen atoms in total. The first-order valence-electron chi connectivity index (χ1n) is 6.88. The van der Waals surface area contributed by atoms with Crippen LogP contribution in [0.5, 0.6) is 0 Å². The van der Waals surface area contributed by atoms with Gasteiger partial charge in [0.25, 0.3) is 0 Å². The molecular formula is C13H23ClN2O2. The highest BCUT2D eigenvalue weighted by atomic mass is 35.5. The van der Waals surface area contributed by atoms with Crippen molar-refractivity contribution in [1.82, 2.24) is 10.6 Å². The molecule has 0 aromatic heterocycles. The van der Waals surface area contributed by atoms with Gasteiger partial charge in [-0.15, -0.1) is 12.4 Å². The molecule has 3 aliphatic rings. The van der Waals surface area contributed by atoms with Crippen molar-refractivity contribution in [3.8, 4) is 0 Å². The summed E-state index contributed by atoms with van der Waals surface area (Å²) in [6, 6.07) is 0. The van der Waals surface area contributed by atoms with Crippen LogP contribution in [-0.4, -0.2) is 36.8 Å². The molecule has 2 saturated carbocycles. The number of β-amino-alcohol motifs (C(OH)–C–C–N with tert-alkyl or cyclic N) is 1. The molecule has 2 aliphatic carbocycles. The molecule has 3 rings (SSSR count). The summed E-state index contributed by atoms with van der Waals surface area (Å²) in [6.07, 6.45) is 5.90.